The van der Waals surface area contributed by atoms with Gasteiger partial charge in [0.05, 0.1) is 6.61 Å². The molecule has 88 valence electrons. The molecule has 0 heterocycles. The fourth-order valence-electron chi connectivity index (χ4n) is 0.921. The Labute approximate surface area is 88.8 Å². The van der Waals surface area contributed by atoms with Crippen LogP contribution in [0.3, 0.4) is 0 Å². The van der Waals surface area contributed by atoms with Crippen molar-refractivity contribution in [3.8, 4) is 0 Å². The molecular formula is C9H18N2O4. The molecule has 6 heteroatoms. The molecule has 0 bridgehead atoms. The molecule has 0 aromatic carbocycles. The molecule has 0 aliphatic rings. The van der Waals surface area contributed by atoms with E-state index in [1.807, 2.05) is 0 Å². The van der Waals surface area contributed by atoms with Gasteiger partial charge in [0.15, 0.2) is 0 Å². The lowest BCUT2D eigenvalue weighted by Crippen LogP contribution is -2.28. The highest BCUT2D eigenvalue weighted by Crippen LogP contribution is 1.93. The molecule has 0 aromatic heterocycles. The number of primary amides is 1. The average Bonchev–Trinajstić information content (AvgIpc) is 2.17. The number of carbonyl (C=O) groups excluding carboxylic acids is 2. The molecular weight excluding hydrogens is 200 g/mol. The predicted molar refractivity (Wildman–Crippen MR) is 54.0 cm³/mol. The molecule has 0 aliphatic carbocycles. The average molecular weight is 218 g/mol. The van der Waals surface area contributed by atoms with Gasteiger partial charge in [-0.05, 0) is 12.8 Å². The number of carbonyl (C=O) groups is 2. The summed E-state index contributed by atoms with van der Waals surface area (Å²) >= 11 is 0. The second-order valence-electron chi connectivity index (χ2n) is 3.05. The standard InChI is InChI=1S/C9H18N2O4/c10-8(13)7-15-6-4-11-9(14)3-1-2-5-12/h12H,1-7H2,(H2,10,13)(H,11,14). The molecule has 0 fully saturated rings. The number of aliphatic hydroxyl groups is 1. The van der Waals surface area contributed by atoms with Crippen LogP contribution in [0.5, 0.6) is 0 Å². The Kier molecular flexibility index (Phi) is 8.70. The van der Waals surface area contributed by atoms with E-state index in [9.17, 15) is 9.59 Å². The Morgan fingerprint density at radius 2 is 2.07 bits per heavy atom. The summed E-state index contributed by atoms with van der Waals surface area (Å²) in [5.74, 6) is -0.601. The third kappa shape index (κ3) is 10.8. The fraction of sp³-hybridized carbons (Fsp3) is 0.778. The van der Waals surface area contributed by atoms with Crippen LogP contribution in [0.15, 0.2) is 0 Å². The van der Waals surface area contributed by atoms with Crippen molar-refractivity contribution in [3.63, 3.8) is 0 Å². The van der Waals surface area contributed by atoms with E-state index < -0.39 is 5.91 Å². The van der Waals surface area contributed by atoms with Crippen LogP contribution in [0.25, 0.3) is 0 Å². The van der Waals surface area contributed by atoms with E-state index in [2.05, 4.69) is 5.32 Å². The second-order valence-corrected chi connectivity index (χ2v) is 3.05. The van der Waals surface area contributed by atoms with Crippen LogP contribution in [0.2, 0.25) is 0 Å². The molecule has 0 aliphatic heterocycles. The van der Waals surface area contributed by atoms with Crippen molar-refractivity contribution in [2.75, 3.05) is 26.4 Å². The van der Waals surface area contributed by atoms with E-state index in [0.29, 0.717) is 25.8 Å². The van der Waals surface area contributed by atoms with Crippen LogP contribution in [-0.4, -0.2) is 43.3 Å². The zero-order valence-electron chi connectivity index (χ0n) is 8.70. The summed E-state index contributed by atoms with van der Waals surface area (Å²) in [4.78, 5) is 21.3. The summed E-state index contributed by atoms with van der Waals surface area (Å²) in [6.07, 6.45) is 1.70. The predicted octanol–water partition coefficient (Wildman–Crippen LogP) is -1.23. The molecule has 0 aromatic rings. The first-order chi connectivity index (χ1) is 7.16. The third-order valence-corrected chi connectivity index (χ3v) is 1.62. The SMILES string of the molecule is NC(=O)COCCNC(=O)CCCCO. The number of nitrogens with one attached hydrogen (secondary N) is 1. The summed E-state index contributed by atoms with van der Waals surface area (Å²) in [5.41, 5.74) is 4.84. The molecule has 2 amide bonds. The van der Waals surface area contributed by atoms with Gasteiger partial charge >= 0.3 is 0 Å². The molecule has 0 atom stereocenters. The maximum absolute atomic E-state index is 11.1. The zero-order valence-corrected chi connectivity index (χ0v) is 8.70. The summed E-state index contributed by atoms with van der Waals surface area (Å²) in [6, 6.07) is 0. The molecule has 0 saturated carbocycles. The van der Waals surface area contributed by atoms with Crippen LogP contribution in [0.1, 0.15) is 19.3 Å². The number of ether oxygens (including phenoxy) is 1. The summed E-state index contributed by atoms with van der Waals surface area (Å²) in [6.45, 7) is 0.620. The van der Waals surface area contributed by atoms with Crippen molar-refractivity contribution < 1.29 is 19.4 Å². The number of amides is 2. The Morgan fingerprint density at radius 3 is 2.67 bits per heavy atom. The van der Waals surface area contributed by atoms with E-state index in [-0.39, 0.29) is 25.7 Å². The molecule has 0 spiro atoms. The van der Waals surface area contributed by atoms with E-state index in [1.54, 1.807) is 0 Å². The monoisotopic (exact) mass is 218 g/mol. The van der Waals surface area contributed by atoms with Crippen molar-refractivity contribution in [1.29, 1.82) is 0 Å². The van der Waals surface area contributed by atoms with Crippen LogP contribution < -0.4 is 11.1 Å². The number of hydrogen-bond acceptors (Lipinski definition) is 4. The Bertz CT molecular complexity index is 197. The maximum Gasteiger partial charge on any atom is 0.243 e. The minimum absolute atomic E-state index is 0.0777. The van der Waals surface area contributed by atoms with Crippen molar-refractivity contribution in [3.05, 3.63) is 0 Å². The van der Waals surface area contributed by atoms with Gasteiger partial charge in [-0.3, -0.25) is 9.59 Å². The van der Waals surface area contributed by atoms with E-state index >= 15 is 0 Å². The molecule has 0 unspecified atom stereocenters. The fourth-order valence-corrected chi connectivity index (χ4v) is 0.921. The van der Waals surface area contributed by atoms with Gasteiger partial charge < -0.3 is 20.9 Å². The van der Waals surface area contributed by atoms with Gasteiger partial charge in [0, 0.05) is 19.6 Å². The maximum atomic E-state index is 11.1. The van der Waals surface area contributed by atoms with Gasteiger partial charge in [-0.25, -0.2) is 0 Å². The van der Waals surface area contributed by atoms with Crippen LogP contribution in [0.4, 0.5) is 0 Å². The van der Waals surface area contributed by atoms with Crippen molar-refractivity contribution >= 4 is 11.8 Å². The van der Waals surface area contributed by atoms with Crippen molar-refractivity contribution in [2.45, 2.75) is 19.3 Å². The summed E-state index contributed by atoms with van der Waals surface area (Å²) < 4.78 is 4.84. The highest BCUT2D eigenvalue weighted by molar-refractivity contribution is 5.76. The first-order valence-electron chi connectivity index (χ1n) is 4.90. The highest BCUT2D eigenvalue weighted by atomic mass is 16.5. The molecule has 6 nitrogen and oxygen atoms in total. The third-order valence-electron chi connectivity index (χ3n) is 1.62. The molecule has 0 rings (SSSR count). The molecule has 0 saturated heterocycles. The Balaban J connectivity index is 3.20. The lowest BCUT2D eigenvalue weighted by Gasteiger charge is -2.04. The van der Waals surface area contributed by atoms with Crippen LogP contribution >= 0.6 is 0 Å². The molecule has 4 N–H and O–H groups in total. The number of hydrogen-bond donors (Lipinski definition) is 3. The van der Waals surface area contributed by atoms with Crippen LogP contribution in [0, 0.1) is 0 Å². The van der Waals surface area contributed by atoms with E-state index in [0.717, 1.165) is 0 Å². The summed E-state index contributed by atoms with van der Waals surface area (Å²) in [5, 5.41) is 11.1. The summed E-state index contributed by atoms with van der Waals surface area (Å²) in [7, 11) is 0. The number of nitrogens with two attached hydrogens (primary N) is 1. The Hall–Kier alpha value is -1.14. The first-order valence-corrected chi connectivity index (χ1v) is 4.90. The van der Waals surface area contributed by atoms with Gasteiger partial charge in [-0.1, -0.05) is 0 Å². The number of rotatable bonds is 9. The van der Waals surface area contributed by atoms with Gasteiger partial charge in [-0.15, -0.1) is 0 Å². The van der Waals surface area contributed by atoms with Gasteiger partial charge in [0.2, 0.25) is 11.8 Å². The topological polar surface area (TPSA) is 102 Å². The highest BCUT2D eigenvalue weighted by Gasteiger charge is 2.00. The second kappa shape index (κ2) is 9.42. The van der Waals surface area contributed by atoms with Gasteiger partial charge in [0.25, 0.3) is 0 Å². The van der Waals surface area contributed by atoms with E-state index in [1.165, 1.54) is 0 Å². The smallest absolute Gasteiger partial charge is 0.243 e. The first kappa shape index (κ1) is 13.9. The van der Waals surface area contributed by atoms with Crippen molar-refractivity contribution in [2.24, 2.45) is 5.73 Å². The largest absolute Gasteiger partial charge is 0.396 e. The van der Waals surface area contributed by atoms with Crippen LogP contribution in [-0.2, 0) is 14.3 Å². The lowest BCUT2D eigenvalue weighted by atomic mass is 10.2. The van der Waals surface area contributed by atoms with Gasteiger partial charge in [-0.2, -0.15) is 0 Å². The minimum atomic E-state index is -0.524. The lowest BCUT2D eigenvalue weighted by molar-refractivity contribution is -0.122. The number of unbranched alkanes of at least 4 members (excludes halogenated alkanes) is 1. The van der Waals surface area contributed by atoms with E-state index in [4.69, 9.17) is 15.6 Å². The minimum Gasteiger partial charge on any atom is -0.396 e. The van der Waals surface area contributed by atoms with Crippen molar-refractivity contribution in [1.82, 2.24) is 5.32 Å². The molecule has 15 heavy (non-hydrogen) atoms. The quantitative estimate of drug-likeness (QED) is 0.421. The zero-order chi connectivity index (χ0) is 11.5. The van der Waals surface area contributed by atoms with Gasteiger partial charge in [0.1, 0.15) is 6.61 Å². The normalized spacial score (nSPS) is 9.93. The Morgan fingerprint density at radius 1 is 1.33 bits per heavy atom. The molecule has 0 radical (unpaired) electrons. The number of aliphatic hydroxyl groups excluding tert-OH is 1.